The second-order valence-corrected chi connectivity index (χ2v) is 9.97. The Kier molecular flexibility index (Phi) is 4.45. The molecule has 2 fully saturated rings. The number of carbonyl (C=O) groups is 1. The van der Waals surface area contributed by atoms with Crippen molar-refractivity contribution in [3.63, 3.8) is 0 Å². The van der Waals surface area contributed by atoms with E-state index in [9.17, 15) is 14.7 Å². The number of fused-ring (bicyclic) bond motifs is 3. The average Bonchev–Trinajstić information content (AvgIpc) is 3.29. The Hall–Kier alpha value is -2.80. The first kappa shape index (κ1) is 20.1. The van der Waals surface area contributed by atoms with Gasteiger partial charge in [0.05, 0.1) is 5.60 Å². The molecule has 31 heavy (non-hydrogen) atoms. The summed E-state index contributed by atoms with van der Waals surface area (Å²) in [4.78, 5) is 30.7. The van der Waals surface area contributed by atoms with Gasteiger partial charge in [0.2, 0.25) is 6.79 Å². The number of aromatic nitrogens is 1. The van der Waals surface area contributed by atoms with Crippen LogP contribution in [-0.4, -0.2) is 39.8 Å². The molecule has 164 valence electrons. The molecule has 0 spiro atoms. The Balaban J connectivity index is 1.40. The highest BCUT2D eigenvalue weighted by Crippen LogP contribution is 2.47. The van der Waals surface area contributed by atoms with Gasteiger partial charge in [0.15, 0.2) is 11.5 Å². The minimum Gasteiger partial charge on any atom is -0.454 e. The van der Waals surface area contributed by atoms with E-state index in [1.54, 1.807) is 6.07 Å². The Morgan fingerprint density at radius 2 is 1.77 bits per heavy atom. The largest absolute Gasteiger partial charge is 0.454 e. The maximum Gasteiger partial charge on any atom is 0.261 e. The van der Waals surface area contributed by atoms with Crippen LogP contribution in [-0.2, 0) is 11.0 Å². The van der Waals surface area contributed by atoms with E-state index in [1.165, 1.54) is 0 Å². The molecule has 0 radical (unpaired) electrons. The Morgan fingerprint density at radius 1 is 1.10 bits per heavy atom. The van der Waals surface area contributed by atoms with Gasteiger partial charge in [0.1, 0.15) is 5.56 Å². The number of H-pyrrole nitrogens is 1. The Morgan fingerprint density at radius 3 is 2.42 bits per heavy atom. The minimum absolute atomic E-state index is 0.108. The quantitative estimate of drug-likeness (QED) is 0.773. The van der Waals surface area contributed by atoms with Crippen LogP contribution < -0.4 is 15.0 Å². The molecule has 1 aromatic carbocycles. The first-order valence-corrected chi connectivity index (χ1v) is 10.8. The molecule has 1 amide bonds. The Labute approximate surface area is 181 Å². The van der Waals surface area contributed by atoms with Crippen LogP contribution in [0.3, 0.4) is 0 Å². The van der Waals surface area contributed by atoms with Crippen molar-refractivity contribution < 1.29 is 19.4 Å². The summed E-state index contributed by atoms with van der Waals surface area (Å²) in [5.41, 5.74) is 0.158. The lowest BCUT2D eigenvalue weighted by Crippen LogP contribution is -2.52. The molecular formula is C24H28N2O5. The smallest absolute Gasteiger partial charge is 0.261 e. The van der Waals surface area contributed by atoms with Crippen LogP contribution in [0.5, 0.6) is 11.5 Å². The summed E-state index contributed by atoms with van der Waals surface area (Å²) in [6.07, 6.45) is 2.52. The molecule has 0 saturated carbocycles. The summed E-state index contributed by atoms with van der Waals surface area (Å²) >= 11 is 0. The minimum atomic E-state index is -1.04. The molecular weight excluding hydrogens is 396 g/mol. The molecule has 5 rings (SSSR count). The van der Waals surface area contributed by atoms with Crippen LogP contribution in [0.4, 0.5) is 0 Å². The second-order valence-electron chi connectivity index (χ2n) is 9.97. The second kappa shape index (κ2) is 6.85. The van der Waals surface area contributed by atoms with Crippen molar-refractivity contribution in [3.8, 4) is 11.5 Å². The van der Waals surface area contributed by atoms with Gasteiger partial charge in [-0.05, 0) is 42.7 Å². The highest BCUT2D eigenvalue weighted by atomic mass is 16.7. The van der Waals surface area contributed by atoms with Crippen molar-refractivity contribution in [2.75, 3.05) is 6.79 Å². The van der Waals surface area contributed by atoms with Gasteiger partial charge in [-0.15, -0.1) is 0 Å². The Bertz CT molecular complexity index is 1090. The van der Waals surface area contributed by atoms with Crippen LogP contribution in [0.1, 0.15) is 68.1 Å². The van der Waals surface area contributed by atoms with Gasteiger partial charge >= 0.3 is 0 Å². The van der Waals surface area contributed by atoms with Gasteiger partial charge in [0, 0.05) is 36.0 Å². The van der Waals surface area contributed by atoms with Gasteiger partial charge in [-0.1, -0.05) is 26.8 Å². The van der Waals surface area contributed by atoms with Crippen molar-refractivity contribution >= 4 is 5.91 Å². The number of carbonyl (C=O) groups excluding carboxylic acids is 1. The highest BCUT2D eigenvalue weighted by molar-refractivity contribution is 5.94. The number of amides is 1. The fraction of sp³-hybridized carbons (Fsp3) is 0.500. The summed E-state index contributed by atoms with van der Waals surface area (Å²) in [7, 11) is 0. The number of hydrogen-bond acceptors (Lipinski definition) is 5. The maximum atomic E-state index is 13.3. The van der Waals surface area contributed by atoms with E-state index in [-0.39, 0.29) is 41.3 Å². The number of aromatic amines is 1. The fourth-order valence-electron chi connectivity index (χ4n) is 5.20. The third-order valence-corrected chi connectivity index (χ3v) is 6.86. The van der Waals surface area contributed by atoms with E-state index in [2.05, 4.69) is 4.98 Å². The normalized spacial score (nSPS) is 26.9. The van der Waals surface area contributed by atoms with E-state index in [1.807, 2.05) is 49.9 Å². The predicted molar refractivity (Wildman–Crippen MR) is 114 cm³/mol. The lowest BCUT2D eigenvalue weighted by atomic mass is 9.80. The van der Waals surface area contributed by atoms with Crippen molar-refractivity contribution in [3.05, 3.63) is 57.5 Å². The van der Waals surface area contributed by atoms with E-state index in [0.29, 0.717) is 24.3 Å². The summed E-state index contributed by atoms with van der Waals surface area (Å²) in [6.45, 7) is 6.23. The van der Waals surface area contributed by atoms with Crippen LogP contribution in [0, 0.1) is 0 Å². The number of nitrogens with one attached hydrogen (secondary N) is 1. The molecule has 3 aliphatic rings. The predicted octanol–water partition coefficient (Wildman–Crippen LogP) is 3.06. The molecule has 4 heterocycles. The number of benzene rings is 1. The van der Waals surface area contributed by atoms with Crippen molar-refractivity contribution in [1.82, 2.24) is 9.88 Å². The molecule has 2 bridgehead atoms. The van der Waals surface area contributed by atoms with E-state index < -0.39 is 5.60 Å². The highest BCUT2D eigenvalue weighted by Gasteiger charge is 2.50. The lowest BCUT2D eigenvalue weighted by Gasteiger charge is -2.44. The summed E-state index contributed by atoms with van der Waals surface area (Å²) in [6, 6.07) is 8.79. The molecule has 2 atom stereocenters. The summed E-state index contributed by atoms with van der Waals surface area (Å²) in [5, 5.41) is 11.5. The molecule has 7 nitrogen and oxygen atoms in total. The van der Waals surface area contributed by atoms with Crippen molar-refractivity contribution in [1.29, 1.82) is 0 Å². The third kappa shape index (κ3) is 3.31. The molecule has 0 aliphatic carbocycles. The SMILES string of the molecule is CC(C)(C)c1ccc(C(=O)N2C3CCC2CC(O)(c2ccc4c(c2)OCO4)C3)c(=O)[nH]1. The van der Waals surface area contributed by atoms with Crippen molar-refractivity contribution in [2.24, 2.45) is 0 Å². The fourth-order valence-corrected chi connectivity index (χ4v) is 5.20. The zero-order valence-electron chi connectivity index (χ0n) is 18.1. The van der Waals surface area contributed by atoms with Crippen molar-refractivity contribution in [2.45, 2.75) is 69.6 Å². The van der Waals surface area contributed by atoms with Crippen LogP contribution in [0.2, 0.25) is 0 Å². The summed E-state index contributed by atoms with van der Waals surface area (Å²) in [5.74, 6) is 1.07. The van der Waals surface area contributed by atoms with Gasteiger partial charge in [-0.2, -0.15) is 0 Å². The van der Waals surface area contributed by atoms with E-state index in [4.69, 9.17) is 9.47 Å². The molecule has 2 N–H and O–H groups in total. The molecule has 3 aliphatic heterocycles. The average molecular weight is 424 g/mol. The topological polar surface area (TPSA) is 91.9 Å². The maximum absolute atomic E-state index is 13.3. The monoisotopic (exact) mass is 424 g/mol. The first-order valence-electron chi connectivity index (χ1n) is 10.8. The lowest BCUT2D eigenvalue weighted by molar-refractivity contribution is -0.0480. The standard InChI is InChI=1S/C24H28N2O5/c1-23(2,3)20-9-7-17(21(27)25-20)22(28)26-15-5-6-16(26)12-24(29,11-15)14-4-8-18-19(10-14)31-13-30-18/h4,7-10,15-16,29H,5-6,11-13H2,1-3H3,(H,25,27). The van der Waals surface area contributed by atoms with Crippen LogP contribution >= 0.6 is 0 Å². The molecule has 2 aromatic rings. The van der Waals surface area contributed by atoms with Gasteiger partial charge in [-0.25, -0.2) is 0 Å². The zero-order chi connectivity index (χ0) is 22.0. The number of aliphatic hydroxyl groups is 1. The first-order chi connectivity index (χ1) is 14.7. The molecule has 1 aromatic heterocycles. The number of pyridine rings is 1. The molecule has 7 heteroatoms. The number of ether oxygens (including phenoxy) is 2. The number of hydrogen-bond donors (Lipinski definition) is 2. The van der Waals surface area contributed by atoms with Gasteiger partial charge in [0.25, 0.3) is 11.5 Å². The van der Waals surface area contributed by atoms with Crippen LogP contribution in [0.25, 0.3) is 0 Å². The molecule has 2 unspecified atom stereocenters. The number of rotatable bonds is 2. The number of piperidine rings is 1. The summed E-state index contributed by atoms with van der Waals surface area (Å²) < 4.78 is 10.8. The molecule has 2 saturated heterocycles. The van der Waals surface area contributed by atoms with Crippen LogP contribution in [0.15, 0.2) is 35.1 Å². The zero-order valence-corrected chi connectivity index (χ0v) is 18.1. The van der Waals surface area contributed by atoms with E-state index >= 15 is 0 Å². The van der Waals surface area contributed by atoms with E-state index in [0.717, 1.165) is 24.1 Å². The van der Waals surface area contributed by atoms with Gasteiger partial charge < -0.3 is 24.5 Å². The third-order valence-electron chi connectivity index (χ3n) is 6.86. The van der Waals surface area contributed by atoms with Gasteiger partial charge in [-0.3, -0.25) is 9.59 Å². The number of nitrogens with zero attached hydrogens (tertiary/aromatic N) is 1.